The summed E-state index contributed by atoms with van der Waals surface area (Å²) in [5.41, 5.74) is 2.73. The second-order valence-corrected chi connectivity index (χ2v) is 4.98. The highest BCUT2D eigenvalue weighted by Crippen LogP contribution is 2.15. The molecule has 4 nitrogen and oxygen atoms in total. The molecule has 0 aliphatic heterocycles. The minimum absolute atomic E-state index is 0.122. The van der Waals surface area contributed by atoms with E-state index in [-0.39, 0.29) is 5.78 Å². The third-order valence-corrected chi connectivity index (χ3v) is 3.03. The normalized spacial score (nSPS) is 11.2. The molecule has 0 aliphatic carbocycles. The molecule has 0 unspecified atom stereocenters. The van der Waals surface area contributed by atoms with E-state index in [1.165, 1.54) is 0 Å². The monoisotopic (exact) mass is 245 g/mol. The molecule has 0 amide bonds. The topological polar surface area (TPSA) is 50.7 Å². The van der Waals surface area contributed by atoms with Gasteiger partial charge in [-0.15, -0.1) is 0 Å². The highest BCUT2D eigenvalue weighted by atomic mass is 16.1. The Morgan fingerprint density at radius 1 is 1.44 bits per heavy atom. The smallest absolute Gasteiger partial charge is 0.184 e. The number of hydrogen-bond donors (Lipinski definition) is 1. The Morgan fingerprint density at radius 3 is 2.72 bits per heavy atom. The first-order valence-electron chi connectivity index (χ1n) is 6.19. The van der Waals surface area contributed by atoms with Gasteiger partial charge in [0.2, 0.25) is 0 Å². The fraction of sp³-hybridized carbons (Fsp3) is 0.429. The number of rotatable bonds is 4. The zero-order valence-corrected chi connectivity index (χ0v) is 11.3. The van der Waals surface area contributed by atoms with Crippen molar-refractivity contribution in [3.63, 3.8) is 0 Å². The predicted octanol–water partition coefficient (Wildman–Crippen LogP) is 2.83. The van der Waals surface area contributed by atoms with Gasteiger partial charge in [-0.2, -0.15) is 0 Å². The molecule has 0 saturated heterocycles. The highest BCUT2D eigenvalue weighted by Gasteiger charge is 2.15. The molecule has 0 saturated carbocycles. The van der Waals surface area contributed by atoms with E-state index in [4.69, 9.17) is 0 Å². The van der Waals surface area contributed by atoms with Crippen LogP contribution in [0.15, 0.2) is 18.5 Å². The number of aromatic amines is 1. The zero-order valence-electron chi connectivity index (χ0n) is 11.3. The Morgan fingerprint density at radius 2 is 2.17 bits per heavy atom. The van der Waals surface area contributed by atoms with E-state index >= 15 is 0 Å². The summed E-state index contributed by atoms with van der Waals surface area (Å²) in [4.78, 5) is 19.7. The number of carbonyl (C=O) groups excluding carboxylic acids is 1. The van der Waals surface area contributed by atoms with Crippen molar-refractivity contribution < 1.29 is 4.79 Å². The van der Waals surface area contributed by atoms with Crippen LogP contribution in [0.1, 0.15) is 47.3 Å². The van der Waals surface area contributed by atoms with Gasteiger partial charge in [0.05, 0.1) is 6.54 Å². The van der Waals surface area contributed by atoms with Gasteiger partial charge in [-0.3, -0.25) is 4.79 Å². The van der Waals surface area contributed by atoms with Gasteiger partial charge in [0.25, 0.3) is 0 Å². The van der Waals surface area contributed by atoms with Crippen molar-refractivity contribution >= 4 is 5.78 Å². The fourth-order valence-electron chi connectivity index (χ4n) is 2.21. The first-order chi connectivity index (χ1) is 8.49. The van der Waals surface area contributed by atoms with E-state index < -0.39 is 0 Å². The molecule has 0 atom stereocenters. The average molecular weight is 245 g/mol. The van der Waals surface area contributed by atoms with Crippen LogP contribution in [-0.2, 0) is 6.54 Å². The standard InChI is InChI=1S/C14H19N3O/c1-9(2)14-15-5-6-17(14)8-13(18)12-7-10(3)16-11(12)4/h5-7,9,16H,8H2,1-4H3. The number of Topliss-reactive ketones (excluding diaryl/α,β-unsaturated/α-hetero) is 1. The molecule has 2 rings (SSSR count). The van der Waals surface area contributed by atoms with E-state index in [1.807, 2.05) is 30.7 Å². The van der Waals surface area contributed by atoms with Crippen LogP contribution in [0.3, 0.4) is 0 Å². The van der Waals surface area contributed by atoms with Gasteiger partial charge in [0.15, 0.2) is 5.78 Å². The SMILES string of the molecule is Cc1cc(C(=O)Cn2ccnc2C(C)C)c(C)[nH]1. The molecule has 0 fully saturated rings. The number of aryl methyl sites for hydroxylation is 2. The quantitative estimate of drug-likeness (QED) is 0.842. The average Bonchev–Trinajstić information content (AvgIpc) is 2.85. The Hall–Kier alpha value is -1.84. The Balaban J connectivity index is 2.21. The summed E-state index contributed by atoms with van der Waals surface area (Å²) in [6.07, 6.45) is 3.61. The molecule has 4 heteroatoms. The number of ketones is 1. The lowest BCUT2D eigenvalue weighted by Crippen LogP contribution is -2.13. The molecular formula is C14H19N3O. The molecule has 0 spiro atoms. The summed E-state index contributed by atoms with van der Waals surface area (Å²) < 4.78 is 1.93. The molecule has 0 aliphatic rings. The first-order valence-corrected chi connectivity index (χ1v) is 6.19. The maximum Gasteiger partial charge on any atom is 0.184 e. The lowest BCUT2D eigenvalue weighted by Gasteiger charge is -2.09. The van der Waals surface area contributed by atoms with Gasteiger partial charge in [0.1, 0.15) is 5.82 Å². The lowest BCUT2D eigenvalue weighted by molar-refractivity contribution is 0.0970. The zero-order chi connectivity index (χ0) is 13.3. The summed E-state index contributed by atoms with van der Waals surface area (Å²) in [5.74, 6) is 1.40. The summed E-state index contributed by atoms with van der Waals surface area (Å²) in [6, 6.07) is 1.91. The minimum atomic E-state index is 0.122. The fourth-order valence-corrected chi connectivity index (χ4v) is 2.21. The van der Waals surface area contributed by atoms with Crippen LogP contribution in [-0.4, -0.2) is 20.3 Å². The Kier molecular flexibility index (Phi) is 3.36. The summed E-state index contributed by atoms with van der Waals surface area (Å²) in [6.45, 7) is 8.40. The molecule has 2 heterocycles. The number of imidazole rings is 1. The third kappa shape index (κ3) is 2.37. The predicted molar refractivity (Wildman–Crippen MR) is 70.9 cm³/mol. The van der Waals surface area contributed by atoms with Gasteiger partial charge < -0.3 is 9.55 Å². The first kappa shape index (κ1) is 12.6. The van der Waals surface area contributed by atoms with E-state index in [9.17, 15) is 4.79 Å². The second-order valence-electron chi connectivity index (χ2n) is 4.98. The number of nitrogens with zero attached hydrogens (tertiary/aromatic N) is 2. The molecule has 96 valence electrons. The molecule has 0 aromatic carbocycles. The molecule has 18 heavy (non-hydrogen) atoms. The number of H-pyrrole nitrogens is 1. The van der Waals surface area contributed by atoms with Crippen molar-refractivity contribution in [2.24, 2.45) is 0 Å². The maximum absolute atomic E-state index is 12.3. The van der Waals surface area contributed by atoms with Crippen molar-refractivity contribution in [1.29, 1.82) is 0 Å². The van der Waals surface area contributed by atoms with Gasteiger partial charge >= 0.3 is 0 Å². The van der Waals surface area contributed by atoms with E-state index in [1.54, 1.807) is 6.20 Å². The van der Waals surface area contributed by atoms with Crippen LogP contribution in [0.2, 0.25) is 0 Å². The van der Waals surface area contributed by atoms with E-state index in [0.717, 1.165) is 22.8 Å². The largest absolute Gasteiger partial charge is 0.362 e. The third-order valence-electron chi connectivity index (χ3n) is 3.03. The molecule has 0 bridgehead atoms. The van der Waals surface area contributed by atoms with Crippen molar-refractivity contribution in [1.82, 2.24) is 14.5 Å². The van der Waals surface area contributed by atoms with Crippen molar-refractivity contribution in [2.75, 3.05) is 0 Å². The van der Waals surface area contributed by atoms with Gasteiger partial charge in [0, 0.05) is 35.3 Å². The van der Waals surface area contributed by atoms with Crippen LogP contribution in [0.5, 0.6) is 0 Å². The summed E-state index contributed by atoms with van der Waals surface area (Å²) in [7, 11) is 0. The highest BCUT2D eigenvalue weighted by molar-refractivity contribution is 5.97. The number of hydrogen-bond acceptors (Lipinski definition) is 2. The molecule has 2 aromatic rings. The lowest BCUT2D eigenvalue weighted by atomic mass is 10.1. The van der Waals surface area contributed by atoms with Crippen molar-refractivity contribution in [3.8, 4) is 0 Å². The molecular weight excluding hydrogens is 226 g/mol. The van der Waals surface area contributed by atoms with Crippen LogP contribution >= 0.6 is 0 Å². The van der Waals surface area contributed by atoms with Crippen LogP contribution in [0, 0.1) is 13.8 Å². The van der Waals surface area contributed by atoms with E-state index in [0.29, 0.717) is 12.5 Å². The Labute approximate surface area is 107 Å². The van der Waals surface area contributed by atoms with Gasteiger partial charge in [-0.1, -0.05) is 13.8 Å². The van der Waals surface area contributed by atoms with Crippen molar-refractivity contribution in [2.45, 2.75) is 40.2 Å². The van der Waals surface area contributed by atoms with Crippen LogP contribution in [0.4, 0.5) is 0 Å². The van der Waals surface area contributed by atoms with Crippen LogP contribution in [0.25, 0.3) is 0 Å². The molecule has 2 aromatic heterocycles. The van der Waals surface area contributed by atoms with E-state index in [2.05, 4.69) is 23.8 Å². The second kappa shape index (κ2) is 4.80. The minimum Gasteiger partial charge on any atom is -0.362 e. The molecule has 1 N–H and O–H groups in total. The number of carbonyl (C=O) groups is 1. The Bertz CT molecular complexity index is 563. The summed E-state index contributed by atoms with van der Waals surface area (Å²) >= 11 is 0. The molecule has 0 radical (unpaired) electrons. The number of aromatic nitrogens is 3. The van der Waals surface area contributed by atoms with Crippen LogP contribution < -0.4 is 0 Å². The van der Waals surface area contributed by atoms with Crippen molar-refractivity contribution in [3.05, 3.63) is 41.2 Å². The van der Waals surface area contributed by atoms with Gasteiger partial charge in [-0.25, -0.2) is 4.98 Å². The summed E-state index contributed by atoms with van der Waals surface area (Å²) in [5, 5.41) is 0. The number of nitrogens with one attached hydrogen (secondary N) is 1. The van der Waals surface area contributed by atoms with Gasteiger partial charge in [-0.05, 0) is 19.9 Å². The maximum atomic E-state index is 12.3.